The molecule has 0 aliphatic rings. The van der Waals surface area contributed by atoms with Gasteiger partial charge in [0.15, 0.2) is 0 Å². The number of hydrazine groups is 1. The van der Waals surface area contributed by atoms with E-state index >= 15 is 0 Å². The summed E-state index contributed by atoms with van der Waals surface area (Å²) in [7, 11) is 1.59. The summed E-state index contributed by atoms with van der Waals surface area (Å²) in [5.41, 5.74) is 1.51. The normalized spacial score (nSPS) is 11.2. The third-order valence-corrected chi connectivity index (χ3v) is 2.56. The van der Waals surface area contributed by atoms with Gasteiger partial charge in [-0.1, -0.05) is 0 Å². The summed E-state index contributed by atoms with van der Waals surface area (Å²) in [6, 6.07) is 0. The monoisotopic (exact) mass is 271 g/mol. The number of rotatable bonds is 7. The highest BCUT2D eigenvalue weighted by molar-refractivity contribution is 5.42. The van der Waals surface area contributed by atoms with Crippen molar-refractivity contribution in [2.45, 2.75) is 25.9 Å². The van der Waals surface area contributed by atoms with Gasteiger partial charge in [-0.05, 0) is 13.8 Å². The third-order valence-electron chi connectivity index (χ3n) is 2.56. The quantitative estimate of drug-likeness (QED) is 0.425. The lowest BCUT2D eigenvalue weighted by Crippen LogP contribution is -2.25. The minimum atomic E-state index is -0.614. The van der Waals surface area contributed by atoms with Gasteiger partial charge in [-0.15, -0.1) is 0 Å². The number of hydrogen-bond acceptors (Lipinski definition) is 8. The van der Waals surface area contributed by atoms with Crippen LogP contribution in [-0.4, -0.2) is 34.2 Å². The van der Waals surface area contributed by atoms with Crippen LogP contribution in [-0.2, 0) is 4.74 Å². The number of nitrogens with zero attached hydrogens (tertiary/aromatic N) is 3. The van der Waals surface area contributed by atoms with Crippen molar-refractivity contribution >= 4 is 11.6 Å². The van der Waals surface area contributed by atoms with Crippen LogP contribution >= 0.6 is 0 Å². The molecule has 0 saturated heterocycles. The Balaban J connectivity index is 2.78. The molecule has 9 nitrogen and oxygen atoms in total. The number of hydrogen-bond donors (Lipinski definition) is 2. The molecule has 9 heteroatoms. The Labute approximate surface area is 110 Å². The van der Waals surface area contributed by atoms with Crippen LogP contribution in [0.1, 0.15) is 20.3 Å². The Kier molecular flexibility index (Phi) is 4.95. The van der Waals surface area contributed by atoms with Crippen LogP contribution in [0.5, 0.6) is 5.88 Å². The molecule has 3 N–H and O–H groups in total. The molecular formula is C10H17N5O4. The molecule has 0 aliphatic carbocycles. The highest BCUT2D eigenvalue weighted by Crippen LogP contribution is 2.25. The molecule has 0 bridgehead atoms. The second kappa shape index (κ2) is 6.25. The van der Waals surface area contributed by atoms with Gasteiger partial charge in [-0.2, -0.15) is 4.98 Å². The van der Waals surface area contributed by atoms with E-state index in [1.807, 2.05) is 13.8 Å². The Morgan fingerprint density at radius 1 is 1.58 bits per heavy atom. The van der Waals surface area contributed by atoms with E-state index in [2.05, 4.69) is 15.4 Å². The Hall–Kier alpha value is -2.00. The van der Waals surface area contributed by atoms with Gasteiger partial charge < -0.3 is 9.47 Å². The average molecular weight is 271 g/mol. The van der Waals surface area contributed by atoms with E-state index in [1.165, 1.54) is 0 Å². The first kappa shape index (κ1) is 15.1. The van der Waals surface area contributed by atoms with Crippen LogP contribution in [0.2, 0.25) is 0 Å². The summed E-state index contributed by atoms with van der Waals surface area (Å²) in [4.78, 5) is 17.7. The molecule has 1 heterocycles. The summed E-state index contributed by atoms with van der Waals surface area (Å²) >= 11 is 0. The summed E-state index contributed by atoms with van der Waals surface area (Å²) in [5.74, 6) is 5.07. The highest BCUT2D eigenvalue weighted by atomic mass is 16.6. The molecule has 0 aromatic carbocycles. The summed E-state index contributed by atoms with van der Waals surface area (Å²) in [6.07, 6.45) is 1.59. The van der Waals surface area contributed by atoms with Gasteiger partial charge in [0.1, 0.15) is 6.20 Å². The number of ether oxygens (including phenoxy) is 2. The topological polar surface area (TPSA) is 125 Å². The summed E-state index contributed by atoms with van der Waals surface area (Å²) in [5, 5.41) is 10.8. The van der Waals surface area contributed by atoms with Crippen LogP contribution in [0.25, 0.3) is 0 Å². The molecule has 0 radical (unpaired) electrons. The van der Waals surface area contributed by atoms with E-state index in [9.17, 15) is 10.1 Å². The van der Waals surface area contributed by atoms with Crippen molar-refractivity contribution in [3.8, 4) is 5.88 Å². The average Bonchev–Trinajstić information content (AvgIpc) is 2.38. The summed E-state index contributed by atoms with van der Waals surface area (Å²) in [6.45, 7) is 4.00. The fourth-order valence-corrected chi connectivity index (χ4v) is 1.16. The number of aromatic nitrogens is 2. The number of methoxy groups -OCH3 is 1. The lowest BCUT2D eigenvalue weighted by atomic mass is 10.1. The molecule has 19 heavy (non-hydrogen) atoms. The second-order valence-corrected chi connectivity index (χ2v) is 4.35. The van der Waals surface area contributed by atoms with Gasteiger partial charge in [0, 0.05) is 13.5 Å². The molecule has 106 valence electrons. The van der Waals surface area contributed by atoms with Crippen molar-refractivity contribution in [2.75, 3.05) is 19.1 Å². The van der Waals surface area contributed by atoms with E-state index in [-0.39, 0.29) is 29.7 Å². The van der Waals surface area contributed by atoms with E-state index in [0.717, 1.165) is 6.20 Å². The van der Waals surface area contributed by atoms with Crippen molar-refractivity contribution < 1.29 is 14.4 Å². The highest BCUT2D eigenvalue weighted by Gasteiger charge is 2.21. The van der Waals surface area contributed by atoms with Crippen molar-refractivity contribution in [2.24, 2.45) is 5.84 Å². The predicted molar refractivity (Wildman–Crippen MR) is 67.7 cm³/mol. The molecule has 0 amide bonds. The molecule has 1 rings (SSSR count). The van der Waals surface area contributed by atoms with Crippen molar-refractivity contribution in [3.05, 3.63) is 16.3 Å². The maximum Gasteiger partial charge on any atom is 0.349 e. The molecule has 1 aromatic rings. The van der Waals surface area contributed by atoms with E-state index in [0.29, 0.717) is 6.42 Å². The molecule has 0 aliphatic heterocycles. The maximum atomic E-state index is 10.8. The zero-order valence-electron chi connectivity index (χ0n) is 11.0. The minimum absolute atomic E-state index is 0.0478. The number of nitrogen functional groups attached to an aromatic ring is 1. The van der Waals surface area contributed by atoms with Gasteiger partial charge in [0.25, 0.3) is 5.88 Å². The maximum absolute atomic E-state index is 10.8. The zero-order chi connectivity index (χ0) is 14.5. The zero-order valence-corrected chi connectivity index (χ0v) is 11.0. The van der Waals surface area contributed by atoms with Crippen LogP contribution in [0.15, 0.2) is 6.20 Å². The minimum Gasteiger partial charge on any atom is -0.473 e. The first-order chi connectivity index (χ1) is 8.89. The van der Waals surface area contributed by atoms with Gasteiger partial charge in [-0.25, -0.2) is 10.8 Å². The van der Waals surface area contributed by atoms with Crippen LogP contribution < -0.4 is 16.0 Å². The van der Waals surface area contributed by atoms with Gasteiger partial charge in [0.2, 0.25) is 5.95 Å². The summed E-state index contributed by atoms with van der Waals surface area (Å²) < 4.78 is 10.5. The fourth-order valence-electron chi connectivity index (χ4n) is 1.16. The Morgan fingerprint density at radius 2 is 2.26 bits per heavy atom. The third kappa shape index (κ3) is 4.30. The first-order valence-corrected chi connectivity index (χ1v) is 5.55. The first-order valence-electron chi connectivity index (χ1n) is 5.55. The van der Waals surface area contributed by atoms with Crippen LogP contribution in [0.3, 0.4) is 0 Å². The van der Waals surface area contributed by atoms with Gasteiger partial charge >= 0.3 is 5.69 Å². The van der Waals surface area contributed by atoms with Crippen molar-refractivity contribution in [1.82, 2.24) is 9.97 Å². The Bertz CT molecular complexity index is 452. The smallest absolute Gasteiger partial charge is 0.349 e. The molecule has 0 spiro atoms. The van der Waals surface area contributed by atoms with Gasteiger partial charge in [-0.3, -0.25) is 15.5 Å². The van der Waals surface area contributed by atoms with Crippen molar-refractivity contribution in [3.63, 3.8) is 0 Å². The van der Waals surface area contributed by atoms with E-state index < -0.39 is 4.92 Å². The standard InChI is InChI=1S/C10H17N5O4/c1-10(2,18-3)4-5-19-8-7(15(16)17)6-12-9(13-8)14-11/h6H,4-5,11H2,1-3H3,(H,12,13,14). The fraction of sp³-hybridized carbons (Fsp3) is 0.600. The lowest BCUT2D eigenvalue weighted by Gasteiger charge is -2.22. The SMILES string of the molecule is COC(C)(C)CCOc1nc(NN)ncc1[N+](=O)[O-]. The molecule has 1 aromatic heterocycles. The molecule has 0 atom stereocenters. The van der Waals surface area contributed by atoms with E-state index in [4.69, 9.17) is 15.3 Å². The van der Waals surface area contributed by atoms with Crippen LogP contribution in [0, 0.1) is 10.1 Å². The lowest BCUT2D eigenvalue weighted by molar-refractivity contribution is -0.386. The molecule has 0 unspecified atom stereocenters. The van der Waals surface area contributed by atoms with E-state index in [1.54, 1.807) is 7.11 Å². The molecule has 0 fully saturated rings. The van der Waals surface area contributed by atoms with Crippen molar-refractivity contribution in [1.29, 1.82) is 0 Å². The number of nitrogens with two attached hydrogens (primary N) is 1. The largest absolute Gasteiger partial charge is 0.473 e. The van der Waals surface area contributed by atoms with Gasteiger partial charge in [0.05, 0.1) is 17.1 Å². The molecular weight excluding hydrogens is 254 g/mol. The molecule has 0 saturated carbocycles. The number of nitrogens with one attached hydrogen (secondary N) is 1. The second-order valence-electron chi connectivity index (χ2n) is 4.35. The Morgan fingerprint density at radius 3 is 2.79 bits per heavy atom. The number of nitro groups is 1. The predicted octanol–water partition coefficient (Wildman–Crippen LogP) is 0.864. The number of anilines is 1. The van der Waals surface area contributed by atoms with Crippen LogP contribution in [0.4, 0.5) is 11.6 Å².